The summed E-state index contributed by atoms with van der Waals surface area (Å²) in [5.41, 5.74) is 0. The summed E-state index contributed by atoms with van der Waals surface area (Å²) in [4.78, 5) is 3.92. The summed E-state index contributed by atoms with van der Waals surface area (Å²) in [6.07, 6.45) is 5.92. The molecule has 4 nitrogen and oxygen atoms in total. The van der Waals surface area contributed by atoms with Crippen LogP contribution in [-0.4, -0.2) is 27.9 Å². The van der Waals surface area contributed by atoms with E-state index in [1.165, 1.54) is 12.8 Å². The predicted octanol–water partition coefficient (Wildman–Crippen LogP) is 0.278. The Morgan fingerprint density at radius 1 is 1.42 bits per heavy atom. The van der Waals surface area contributed by atoms with Gasteiger partial charge in [-0.15, -0.1) is 0 Å². The summed E-state index contributed by atoms with van der Waals surface area (Å²) in [5.74, 6) is 0.785. The molecule has 0 unspecified atom stereocenters. The Kier molecular flexibility index (Phi) is 2.36. The van der Waals surface area contributed by atoms with E-state index < -0.39 is 0 Å². The van der Waals surface area contributed by atoms with Crippen LogP contribution < -0.4 is 5.32 Å². The van der Waals surface area contributed by atoms with E-state index in [1.54, 1.807) is 12.7 Å². The van der Waals surface area contributed by atoms with Crippen molar-refractivity contribution in [3.8, 4) is 0 Å². The van der Waals surface area contributed by atoms with Gasteiger partial charge < -0.3 is 5.32 Å². The van der Waals surface area contributed by atoms with Gasteiger partial charge in [0.05, 0.1) is 0 Å². The second-order valence-corrected chi connectivity index (χ2v) is 3.31. The first-order chi connectivity index (χ1) is 5.95. The fraction of sp³-hybridized carbons (Fsp3) is 0.750. The maximum absolute atomic E-state index is 4.10. The number of nitrogens with zero attached hydrogens (tertiary/aromatic N) is 3. The Morgan fingerprint density at radius 2 is 2.25 bits per heavy atom. The van der Waals surface area contributed by atoms with E-state index in [9.17, 15) is 0 Å². The van der Waals surface area contributed by atoms with Crippen LogP contribution >= 0.6 is 0 Å². The van der Waals surface area contributed by atoms with Crippen molar-refractivity contribution in [1.29, 1.82) is 0 Å². The van der Waals surface area contributed by atoms with Gasteiger partial charge in [-0.1, -0.05) is 0 Å². The van der Waals surface area contributed by atoms with E-state index in [-0.39, 0.29) is 0 Å². The summed E-state index contributed by atoms with van der Waals surface area (Å²) >= 11 is 0. The third-order valence-electron chi connectivity index (χ3n) is 2.37. The lowest BCUT2D eigenvalue weighted by Crippen LogP contribution is -2.29. The highest BCUT2D eigenvalue weighted by Crippen LogP contribution is 2.12. The number of nitrogens with one attached hydrogen (secondary N) is 1. The molecule has 1 fully saturated rings. The fourth-order valence-corrected chi connectivity index (χ4v) is 1.66. The zero-order chi connectivity index (χ0) is 8.23. The molecule has 0 atom stereocenters. The second kappa shape index (κ2) is 3.67. The summed E-state index contributed by atoms with van der Waals surface area (Å²) in [6.45, 7) is 3.33. The SMILES string of the molecule is c1ncn(CC2CCNCC2)n1. The normalized spacial score (nSPS) is 19.7. The van der Waals surface area contributed by atoms with Crippen molar-refractivity contribution < 1.29 is 0 Å². The van der Waals surface area contributed by atoms with Gasteiger partial charge in [0.25, 0.3) is 0 Å². The molecule has 2 rings (SSSR count). The Morgan fingerprint density at radius 3 is 2.92 bits per heavy atom. The van der Waals surface area contributed by atoms with Gasteiger partial charge in [-0.25, -0.2) is 4.98 Å². The van der Waals surface area contributed by atoms with Crippen molar-refractivity contribution in [3.63, 3.8) is 0 Å². The van der Waals surface area contributed by atoms with Gasteiger partial charge in [-0.2, -0.15) is 5.10 Å². The molecule has 0 aromatic carbocycles. The molecule has 1 aliphatic rings. The molecule has 1 aromatic heterocycles. The minimum absolute atomic E-state index is 0.785. The van der Waals surface area contributed by atoms with Crippen LogP contribution in [0.3, 0.4) is 0 Å². The van der Waals surface area contributed by atoms with Crippen LogP contribution in [0.25, 0.3) is 0 Å². The first-order valence-corrected chi connectivity index (χ1v) is 4.48. The third-order valence-corrected chi connectivity index (χ3v) is 2.37. The lowest BCUT2D eigenvalue weighted by molar-refractivity contribution is 0.321. The van der Waals surface area contributed by atoms with Crippen LogP contribution in [-0.2, 0) is 6.54 Å². The minimum atomic E-state index is 0.785. The maximum Gasteiger partial charge on any atom is 0.137 e. The highest BCUT2D eigenvalue weighted by Gasteiger charge is 2.13. The summed E-state index contributed by atoms with van der Waals surface area (Å²) in [7, 11) is 0. The quantitative estimate of drug-likeness (QED) is 0.686. The first-order valence-electron chi connectivity index (χ1n) is 4.48. The Labute approximate surface area is 72.0 Å². The summed E-state index contributed by atoms with van der Waals surface area (Å²) in [5, 5.41) is 7.44. The molecule has 0 radical (unpaired) electrons. The third kappa shape index (κ3) is 1.82. The van der Waals surface area contributed by atoms with Gasteiger partial charge in [0.15, 0.2) is 0 Å². The molecule has 66 valence electrons. The average molecular weight is 166 g/mol. The van der Waals surface area contributed by atoms with E-state index in [4.69, 9.17) is 0 Å². The molecule has 1 aromatic rings. The van der Waals surface area contributed by atoms with Gasteiger partial charge in [-0.05, 0) is 31.8 Å². The molecule has 0 aliphatic carbocycles. The Hall–Kier alpha value is -0.900. The predicted molar refractivity (Wildman–Crippen MR) is 45.6 cm³/mol. The molecule has 1 N–H and O–H groups in total. The average Bonchev–Trinajstić information content (AvgIpc) is 2.59. The molecule has 0 amide bonds. The van der Waals surface area contributed by atoms with Crippen LogP contribution in [0.4, 0.5) is 0 Å². The second-order valence-electron chi connectivity index (χ2n) is 3.31. The van der Waals surface area contributed by atoms with Gasteiger partial charge in [0.1, 0.15) is 12.7 Å². The Bertz CT molecular complexity index is 213. The number of aromatic nitrogens is 3. The molecule has 12 heavy (non-hydrogen) atoms. The lowest BCUT2D eigenvalue weighted by Gasteiger charge is -2.21. The van der Waals surface area contributed by atoms with E-state index >= 15 is 0 Å². The van der Waals surface area contributed by atoms with Crippen LogP contribution in [0.1, 0.15) is 12.8 Å². The largest absolute Gasteiger partial charge is 0.317 e. The topological polar surface area (TPSA) is 42.7 Å². The molecule has 1 aliphatic heterocycles. The maximum atomic E-state index is 4.10. The van der Waals surface area contributed by atoms with Gasteiger partial charge in [-0.3, -0.25) is 4.68 Å². The van der Waals surface area contributed by atoms with Crippen LogP contribution in [0.15, 0.2) is 12.7 Å². The number of rotatable bonds is 2. The molecule has 4 heteroatoms. The molecular weight excluding hydrogens is 152 g/mol. The summed E-state index contributed by atoms with van der Waals surface area (Å²) < 4.78 is 1.93. The van der Waals surface area contributed by atoms with E-state index in [2.05, 4.69) is 15.4 Å². The van der Waals surface area contributed by atoms with Crippen molar-refractivity contribution >= 4 is 0 Å². The van der Waals surface area contributed by atoms with Crippen molar-refractivity contribution in [2.24, 2.45) is 5.92 Å². The van der Waals surface area contributed by atoms with Gasteiger partial charge in [0.2, 0.25) is 0 Å². The fourth-order valence-electron chi connectivity index (χ4n) is 1.66. The van der Waals surface area contributed by atoms with Crippen LogP contribution in [0.2, 0.25) is 0 Å². The number of hydrogen-bond acceptors (Lipinski definition) is 3. The van der Waals surface area contributed by atoms with Gasteiger partial charge in [0, 0.05) is 6.54 Å². The number of hydrogen-bond donors (Lipinski definition) is 1. The van der Waals surface area contributed by atoms with Crippen molar-refractivity contribution in [2.75, 3.05) is 13.1 Å². The van der Waals surface area contributed by atoms with Crippen molar-refractivity contribution in [3.05, 3.63) is 12.7 Å². The molecule has 0 spiro atoms. The zero-order valence-electron chi connectivity index (χ0n) is 7.11. The molecule has 0 saturated carbocycles. The van der Waals surface area contributed by atoms with Gasteiger partial charge >= 0.3 is 0 Å². The Balaban J connectivity index is 1.86. The minimum Gasteiger partial charge on any atom is -0.317 e. The molecule has 0 bridgehead atoms. The van der Waals surface area contributed by atoms with Crippen molar-refractivity contribution in [1.82, 2.24) is 20.1 Å². The van der Waals surface area contributed by atoms with E-state index in [0.717, 1.165) is 25.6 Å². The highest BCUT2D eigenvalue weighted by molar-refractivity contribution is 4.69. The lowest BCUT2D eigenvalue weighted by atomic mass is 9.98. The first kappa shape index (κ1) is 7.73. The molecular formula is C8H14N4. The van der Waals surface area contributed by atoms with Crippen LogP contribution in [0.5, 0.6) is 0 Å². The number of piperidine rings is 1. The van der Waals surface area contributed by atoms with Crippen molar-refractivity contribution in [2.45, 2.75) is 19.4 Å². The molecule has 1 saturated heterocycles. The van der Waals surface area contributed by atoms with Crippen LogP contribution in [0, 0.1) is 5.92 Å². The molecule has 2 heterocycles. The summed E-state index contributed by atoms with van der Waals surface area (Å²) in [6, 6.07) is 0. The highest BCUT2D eigenvalue weighted by atomic mass is 15.3. The van der Waals surface area contributed by atoms with E-state index in [1.807, 2.05) is 4.68 Å². The standard InChI is InChI=1S/C8H14N4/c1-3-9-4-2-8(1)5-12-7-10-6-11-12/h6-9H,1-5H2. The smallest absolute Gasteiger partial charge is 0.137 e. The van der Waals surface area contributed by atoms with E-state index in [0.29, 0.717) is 0 Å². The zero-order valence-corrected chi connectivity index (χ0v) is 7.11. The monoisotopic (exact) mass is 166 g/mol.